The van der Waals surface area contributed by atoms with E-state index >= 15 is 0 Å². The van der Waals surface area contributed by atoms with Crippen LogP contribution in [-0.2, 0) is 6.61 Å². The lowest BCUT2D eigenvalue weighted by Gasteiger charge is -2.13. The fraction of sp³-hybridized carbons (Fsp3) is 0.0952. The summed E-state index contributed by atoms with van der Waals surface area (Å²) in [5.74, 6) is -0.0219. The molecule has 0 aliphatic carbocycles. The van der Waals surface area contributed by atoms with Crippen molar-refractivity contribution < 1.29 is 18.7 Å². The van der Waals surface area contributed by atoms with E-state index in [1.165, 1.54) is 25.3 Å². The predicted octanol–water partition coefficient (Wildman–Crippen LogP) is 5.97. The maximum atomic E-state index is 13.2. The summed E-state index contributed by atoms with van der Waals surface area (Å²) < 4.78 is 24.3. The molecule has 28 heavy (non-hydrogen) atoms. The molecule has 1 N–H and O–H groups in total. The highest BCUT2D eigenvalue weighted by molar-refractivity contribution is 6.31. The molecule has 144 valence electrons. The van der Waals surface area contributed by atoms with Gasteiger partial charge < -0.3 is 14.8 Å². The van der Waals surface area contributed by atoms with E-state index < -0.39 is 5.82 Å². The largest absolute Gasteiger partial charge is 0.493 e. The highest BCUT2D eigenvalue weighted by Crippen LogP contribution is 2.29. The minimum absolute atomic E-state index is 0.0682. The van der Waals surface area contributed by atoms with Crippen LogP contribution in [0.1, 0.15) is 15.9 Å². The Kier molecular flexibility index (Phi) is 6.39. The first kappa shape index (κ1) is 20.0. The molecule has 3 aromatic carbocycles. The summed E-state index contributed by atoms with van der Waals surface area (Å²) in [5, 5.41) is 3.25. The number of methoxy groups -OCH3 is 1. The Balaban J connectivity index is 1.71. The van der Waals surface area contributed by atoms with Crippen LogP contribution >= 0.6 is 23.2 Å². The number of hydrogen-bond acceptors (Lipinski definition) is 3. The van der Waals surface area contributed by atoms with Gasteiger partial charge in [0.25, 0.3) is 5.91 Å². The average Bonchev–Trinajstić information content (AvgIpc) is 2.70. The maximum Gasteiger partial charge on any atom is 0.255 e. The Morgan fingerprint density at radius 1 is 1.00 bits per heavy atom. The molecule has 0 spiro atoms. The molecule has 0 bridgehead atoms. The fourth-order valence-corrected chi connectivity index (χ4v) is 2.75. The molecule has 0 atom stereocenters. The van der Waals surface area contributed by atoms with Crippen LogP contribution in [0.3, 0.4) is 0 Å². The van der Waals surface area contributed by atoms with E-state index in [9.17, 15) is 9.18 Å². The minimum atomic E-state index is -0.552. The SMILES string of the molecule is COc1cc(C(=O)Nc2ccc(F)c(Cl)c2)ccc1OCc1ccc(Cl)cc1. The lowest BCUT2D eigenvalue weighted by atomic mass is 10.1. The molecule has 0 heterocycles. The molecule has 0 aliphatic heterocycles. The molecule has 0 saturated carbocycles. The van der Waals surface area contributed by atoms with Crippen LogP contribution in [0.5, 0.6) is 11.5 Å². The molecule has 7 heteroatoms. The summed E-state index contributed by atoms with van der Waals surface area (Å²) in [4.78, 5) is 12.4. The van der Waals surface area contributed by atoms with Gasteiger partial charge in [-0.25, -0.2) is 4.39 Å². The van der Waals surface area contributed by atoms with Crippen molar-refractivity contribution in [2.75, 3.05) is 12.4 Å². The highest BCUT2D eigenvalue weighted by Gasteiger charge is 2.12. The molecule has 0 saturated heterocycles. The summed E-state index contributed by atoms with van der Waals surface area (Å²) in [5.41, 5.74) is 1.69. The van der Waals surface area contributed by atoms with Crippen LogP contribution in [0, 0.1) is 5.82 Å². The molecule has 0 unspecified atom stereocenters. The normalized spacial score (nSPS) is 10.4. The van der Waals surface area contributed by atoms with Crippen LogP contribution in [0.25, 0.3) is 0 Å². The Labute approximate surface area is 171 Å². The maximum absolute atomic E-state index is 13.2. The summed E-state index contributed by atoms with van der Waals surface area (Å²) in [6.07, 6.45) is 0. The van der Waals surface area contributed by atoms with Gasteiger partial charge >= 0.3 is 0 Å². The monoisotopic (exact) mass is 419 g/mol. The van der Waals surface area contributed by atoms with E-state index in [-0.39, 0.29) is 10.9 Å². The zero-order chi connectivity index (χ0) is 20.1. The number of hydrogen-bond donors (Lipinski definition) is 1. The summed E-state index contributed by atoms with van der Waals surface area (Å²) in [6.45, 7) is 0.327. The predicted molar refractivity (Wildman–Crippen MR) is 108 cm³/mol. The van der Waals surface area contributed by atoms with Gasteiger partial charge in [0.05, 0.1) is 12.1 Å². The van der Waals surface area contributed by atoms with E-state index in [0.29, 0.717) is 34.4 Å². The second-order valence-corrected chi connectivity index (χ2v) is 6.71. The van der Waals surface area contributed by atoms with Gasteiger partial charge in [0, 0.05) is 16.3 Å². The van der Waals surface area contributed by atoms with Gasteiger partial charge in [-0.3, -0.25) is 4.79 Å². The lowest BCUT2D eigenvalue weighted by Crippen LogP contribution is -2.12. The van der Waals surface area contributed by atoms with Crippen molar-refractivity contribution in [1.29, 1.82) is 0 Å². The zero-order valence-electron chi connectivity index (χ0n) is 14.8. The van der Waals surface area contributed by atoms with E-state index in [1.54, 1.807) is 30.3 Å². The molecule has 0 aromatic heterocycles. The Morgan fingerprint density at radius 3 is 2.43 bits per heavy atom. The number of ether oxygens (including phenoxy) is 2. The van der Waals surface area contributed by atoms with Crippen molar-refractivity contribution in [2.24, 2.45) is 0 Å². The van der Waals surface area contributed by atoms with Crippen LogP contribution < -0.4 is 14.8 Å². The first-order chi connectivity index (χ1) is 13.5. The second-order valence-electron chi connectivity index (χ2n) is 5.86. The Morgan fingerprint density at radius 2 is 1.75 bits per heavy atom. The highest BCUT2D eigenvalue weighted by atomic mass is 35.5. The molecule has 0 fully saturated rings. The number of benzene rings is 3. The molecule has 0 aliphatic rings. The van der Waals surface area contributed by atoms with E-state index in [0.717, 1.165) is 5.56 Å². The number of amides is 1. The molecule has 4 nitrogen and oxygen atoms in total. The quantitative estimate of drug-likeness (QED) is 0.534. The van der Waals surface area contributed by atoms with Gasteiger partial charge in [0.1, 0.15) is 12.4 Å². The molecule has 0 radical (unpaired) electrons. The number of anilines is 1. The summed E-state index contributed by atoms with van der Waals surface area (Å²) in [7, 11) is 1.49. The van der Waals surface area contributed by atoms with E-state index in [2.05, 4.69) is 5.32 Å². The van der Waals surface area contributed by atoms with Crippen molar-refractivity contribution >= 4 is 34.8 Å². The third kappa shape index (κ3) is 4.94. The third-order valence-corrected chi connectivity index (χ3v) is 4.45. The smallest absolute Gasteiger partial charge is 0.255 e. The van der Waals surface area contributed by atoms with Crippen molar-refractivity contribution in [3.05, 3.63) is 87.7 Å². The standard InChI is InChI=1S/C21H16Cl2FNO3/c1-27-20-10-14(21(26)25-16-7-8-18(24)17(23)11-16)4-9-19(20)28-12-13-2-5-15(22)6-3-13/h2-11H,12H2,1H3,(H,25,26). The first-order valence-electron chi connectivity index (χ1n) is 8.28. The van der Waals surface area contributed by atoms with E-state index in [4.69, 9.17) is 32.7 Å². The van der Waals surface area contributed by atoms with Gasteiger partial charge in [-0.15, -0.1) is 0 Å². The first-order valence-corrected chi connectivity index (χ1v) is 9.03. The number of carbonyl (C=O) groups is 1. The Hall–Kier alpha value is -2.76. The number of rotatable bonds is 6. The van der Waals surface area contributed by atoms with Gasteiger partial charge in [-0.05, 0) is 54.1 Å². The topological polar surface area (TPSA) is 47.6 Å². The van der Waals surface area contributed by atoms with Gasteiger partial charge in [-0.2, -0.15) is 0 Å². The zero-order valence-corrected chi connectivity index (χ0v) is 16.4. The Bertz CT molecular complexity index is 993. The van der Waals surface area contributed by atoms with Crippen molar-refractivity contribution in [2.45, 2.75) is 6.61 Å². The number of halogens is 3. The van der Waals surface area contributed by atoms with Gasteiger partial charge in [0.15, 0.2) is 11.5 Å². The van der Waals surface area contributed by atoms with Crippen LogP contribution in [-0.4, -0.2) is 13.0 Å². The van der Waals surface area contributed by atoms with Gasteiger partial charge in [0.2, 0.25) is 0 Å². The van der Waals surface area contributed by atoms with Crippen molar-refractivity contribution in [1.82, 2.24) is 0 Å². The van der Waals surface area contributed by atoms with E-state index in [1.807, 2.05) is 12.1 Å². The minimum Gasteiger partial charge on any atom is -0.493 e. The number of nitrogens with one attached hydrogen (secondary N) is 1. The van der Waals surface area contributed by atoms with Crippen LogP contribution in [0.4, 0.5) is 10.1 Å². The second kappa shape index (κ2) is 8.95. The molecule has 3 rings (SSSR count). The lowest BCUT2D eigenvalue weighted by molar-refractivity contribution is 0.102. The molecular formula is C21H16Cl2FNO3. The molecular weight excluding hydrogens is 404 g/mol. The van der Waals surface area contributed by atoms with Crippen molar-refractivity contribution in [3.8, 4) is 11.5 Å². The van der Waals surface area contributed by atoms with Crippen LogP contribution in [0.15, 0.2) is 60.7 Å². The van der Waals surface area contributed by atoms with Crippen molar-refractivity contribution in [3.63, 3.8) is 0 Å². The number of carbonyl (C=O) groups excluding carboxylic acids is 1. The average molecular weight is 420 g/mol. The molecule has 3 aromatic rings. The van der Waals surface area contributed by atoms with Crippen LogP contribution in [0.2, 0.25) is 10.0 Å². The third-order valence-electron chi connectivity index (χ3n) is 3.91. The summed E-state index contributed by atoms with van der Waals surface area (Å²) in [6, 6.07) is 16.1. The molecule has 1 amide bonds. The van der Waals surface area contributed by atoms with Gasteiger partial charge in [-0.1, -0.05) is 35.3 Å². The summed E-state index contributed by atoms with van der Waals surface area (Å²) >= 11 is 11.6. The fourth-order valence-electron chi connectivity index (χ4n) is 2.45.